The van der Waals surface area contributed by atoms with Crippen LogP contribution in [0.1, 0.15) is 80.6 Å². The predicted molar refractivity (Wildman–Crippen MR) is 197 cm³/mol. The Bertz CT molecular complexity index is 1870. The highest BCUT2D eigenvalue weighted by Crippen LogP contribution is 2.47. The van der Waals surface area contributed by atoms with Crippen LogP contribution in [0.3, 0.4) is 0 Å². The van der Waals surface area contributed by atoms with Crippen LogP contribution in [-0.4, -0.2) is 104 Å². The number of carbonyl (C=O) groups excluding carboxylic acids is 4. The zero-order valence-electron chi connectivity index (χ0n) is 32.4. The average molecular weight is 776 g/mol. The fourth-order valence-electron chi connectivity index (χ4n) is 6.60. The second-order valence-electron chi connectivity index (χ2n) is 16.7. The fourth-order valence-corrected chi connectivity index (χ4v) is 7.75. The number of fused-ring (bicyclic) bond motifs is 1. The van der Waals surface area contributed by atoms with Gasteiger partial charge in [-0.2, -0.15) is 8.42 Å². The molecule has 0 unspecified atom stereocenters. The number of nitrogens with zero attached hydrogens (tertiary/aromatic N) is 2. The minimum Gasteiger partial charge on any atom is -0.497 e. The standard InChI is InChI=1S/C37H53N5O11S/c1-34(2,3)28(39-33(46)52-35(4,5)6)31(44)42-21-25(51-30-26-11-10-24(50-9)18-22(26)12-16-38-30)19-27(42)29(43)40-37(20-23(37)13-17-49-8)32(45)41-54(47,48)53-36(7)14-15-36/h10-12,16,18,23,25,27-28H,13-15,17,19-21H2,1-9H3,(H,39,46)(H,40,43)(H,41,45)/t23-,25-,27+,28-,37-/m1/s1. The first-order valence-electron chi connectivity index (χ1n) is 18.1. The van der Waals surface area contributed by atoms with E-state index in [-0.39, 0.29) is 31.9 Å². The van der Waals surface area contributed by atoms with Gasteiger partial charge in [0.15, 0.2) is 0 Å². The summed E-state index contributed by atoms with van der Waals surface area (Å²) >= 11 is 0. The number of pyridine rings is 1. The third-order valence-corrected chi connectivity index (χ3v) is 10.9. The van der Waals surface area contributed by atoms with Crippen molar-refractivity contribution in [2.75, 3.05) is 27.4 Å². The summed E-state index contributed by atoms with van der Waals surface area (Å²) in [7, 11) is -1.43. The van der Waals surface area contributed by atoms with E-state index in [9.17, 15) is 27.6 Å². The Morgan fingerprint density at radius 2 is 1.76 bits per heavy atom. The molecule has 298 valence electrons. The molecule has 17 heteroatoms. The normalized spacial score (nSPS) is 23.9. The molecule has 3 aliphatic rings. The van der Waals surface area contributed by atoms with Gasteiger partial charge in [0.05, 0.1) is 19.3 Å². The molecular formula is C37H53N5O11S. The molecule has 5 rings (SSSR count). The van der Waals surface area contributed by atoms with Crippen LogP contribution in [0.4, 0.5) is 4.79 Å². The number of benzene rings is 1. The van der Waals surface area contributed by atoms with Crippen molar-refractivity contribution in [3.8, 4) is 11.6 Å². The highest BCUT2D eigenvalue weighted by Gasteiger charge is 2.62. The molecule has 4 amide bonds. The SMILES string of the molecule is COCC[C@@H]1C[C@]1(NC(=O)[C@@H]1C[C@@H](Oc2nccc3cc(OC)ccc23)CN1C(=O)[C@@H](NC(=O)OC(C)(C)C)C(C)(C)C)C(=O)NS(=O)(=O)OC1(C)CC1. The maximum Gasteiger partial charge on any atom is 0.408 e. The molecule has 3 fully saturated rings. The Morgan fingerprint density at radius 3 is 2.37 bits per heavy atom. The van der Waals surface area contributed by atoms with Gasteiger partial charge >= 0.3 is 16.4 Å². The summed E-state index contributed by atoms with van der Waals surface area (Å²) in [5, 5.41) is 6.99. The Hall–Kier alpha value is -4.22. The molecular weight excluding hydrogens is 722 g/mol. The molecule has 3 N–H and O–H groups in total. The molecule has 0 spiro atoms. The number of likely N-dealkylation sites (tertiary alicyclic amines) is 1. The second-order valence-corrected chi connectivity index (χ2v) is 18.0. The van der Waals surface area contributed by atoms with Crippen molar-refractivity contribution in [1.29, 1.82) is 0 Å². The van der Waals surface area contributed by atoms with Crippen LogP contribution in [0.25, 0.3) is 10.8 Å². The number of nitrogens with one attached hydrogen (secondary N) is 3. The lowest BCUT2D eigenvalue weighted by Crippen LogP contribution is -2.60. The second kappa shape index (κ2) is 15.1. The quantitative estimate of drug-likeness (QED) is 0.253. The van der Waals surface area contributed by atoms with E-state index in [1.165, 1.54) is 12.0 Å². The van der Waals surface area contributed by atoms with E-state index in [1.807, 2.05) is 10.8 Å². The van der Waals surface area contributed by atoms with Gasteiger partial charge in [0.2, 0.25) is 17.7 Å². The Labute approximate surface area is 316 Å². The van der Waals surface area contributed by atoms with E-state index in [1.54, 1.807) is 80.0 Å². The van der Waals surface area contributed by atoms with Crippen molar-refractivity contribution in [2.24, 2.45) is 11.3 Å². The van der Waals surface area contributed by atoms with Crippen LogP contribution >= 0.6 is 0 Å². The Balaban J connectivity index is 1.45. The van der Waals surface area contributed by atoms with Crippen molar-refractivity contribution < 1.29 is 50.7 Å². The van der Waals surface area contributed by atoms with Gasteiger partial charge in [0.25, 0.3) is 5.91 Å². The first-order valence-corrected chi connectivity index (χ1v) is 19.5. The zero-order valence-corrected chi connectivity index (χ0v) is 33.3. The molecule has 1 aliphatic heterocycles. The molecule has 2 heterocycles. The van der Waals surface area contributed by atoms with Gasteiger partial charge in [-0.15, -0.1) is 0 Å². The predicted octanol–water partition coefficient (Wildman–Crippen LogP) is 3.37. The molecule has 1 saturated heterocycles. The van der Waals surface area contributed by atoms with Gasteiger partial charge in [0, 0.05) is 31.7 Å². The number of amides is 4. The third kappa shape index (κ3) is 9.71. The average Bonchev–Trinajstić information content (AvgIpc) is 3.92. The van der Waals surface area contributed by atoms with E-state index in [0.29, 0.717) is 30.4 Å². The van der Waals surface area contributed by atoms with Gasteiger partial charge in [-0.3, -0.25) is 14.4 Å². The van der Waals surface area contributed by atoms with Crippen LogP contribution < -0.4 is 24.8 Å². The van der Waals surface area contributed by atoms with E-state index < -0.39 is 80.4 Å². The molecule has 16 nitrogen and oxygen atoms in total. The number of aromatic nitrogens is 1. The van der Waals surface area contributed by atoms with E-state index in [4.69, 9.17) is 23.1 Å². The molecule has 2 aromatic rings. The summed E-state index contributed by atoms with van der Waals surface area (Å²) in [4.78, 5) is 61.4. The molecule has 0 radical (unpaired) electrons. The molecule has 2 aliphatic carbocycles. The summed E-state index contributed by atoms with van der Waals surface area (Å²) < 4.78 is 55.3. The number of hydrogen-bond acceptors (Lipinski definition) is 12. The van der Waals surface area contributed by atoms with Crippen LogP contribution in [0.2, 0.25) is 0 Å². The number of carbonyl (C=O) groups is 4. The summed E-state index contributed by atoms with van der Waals surface area (Å²) in [5.41, 5.74) is -4.17. The van der Waals surface area contributed by atoms with Crippen LogP contribution in [-0.2, 0) is 38.3 Å². The van der Waals surface area contributed by atoms with Crippen molar-refractivity contribution in [3.05, 3.63) is 30.5 Å². The minimum absolute atomic E-state index is 0.00467. The van der Waals surface area contributed by atoms with E-state index in [0.717, 1.165) is 5.39 Å². The first kappa shape index (κ1) is 41.0. The van der Waals surface area contributed by atoms with Crippen LogP contribution in [0.15, 0.2) is 30.5 Å². The third-order valence-electron chi connectivity index (χ3n) is 9.85. The van der Waals surface area contributed by atoms with E-state index >= 15 is 0 Å². The topological polar surface area (TPSA) is 201 Å². The molecule has 0 bridgehead atoms. The molecule has 5 atom stereocenters. The summed E-state index contributed by atoms with van der Waals surface area (Å²) in [6.45, 7) is 12.2. The number of ether oxygens (including phenoxy) is 4. The largest absolute Gasteiger partial charge is 0.497 e. The van der Waals surface area contributed by atoms with E-state index in [2.05, 4.69) is 15.6 Å². The monoisotopic (exact) mass is 775 g/mol. The molecule has 2 saturated carbocycles. The Morgan fingerprint density at radius 1 is 1.06 bits per heavy atom. The summed E-state index contributed by atoms with van der Waals surface area (Å²) in [5.74, 6) is -1.76. The number of hydrogen-bond donors (Lipinski definition) is 3. The fraction of sp³-hybridized carbons (Fsp3) is 0.649. The maximum absolute atomic E-state index is 14.5. The van der Waals surface area contributed by atoms with Crippen molar-refractivity contribution in [2.45, 2.75) is 115 Å². The van der Waals surface area contributed by atoms with Gasteiger partial charge in [-0.05, 0) is 94.4 Å². The van der Waals surface area contributed by atoms with Gasteiger partial charge in [0.1, 0.15) is 35.1 Å². The highest BCUT2D eigenvalue weighted by molar-refractivity contribution is 7.85. The molecule has 1 aromatic heterocycles. The zero-order chi connectivity index (χ0) is 39.9. The van der Waals surface area contributed by atoms with Crippen molar-refractivity contribution >= 4 is 44.9 Å². The molecule has 54 heavy (non-hydrogen) atoms. The summed E-state index contributed by atoms with van der Waals surface area (Å²) in [6, 6.07) is 4.88. The molecule has 1 aromatic carbocycles. The van der Waals surface area contributed by atoms with Gasteiger partial charge < -0.3 is 34.5 Å². The van der Waals surface area contributed by atoms with Gasteiger partial charge in [-0.25, -0.2) is 18.7 Å². The van der Waals surface area contributed by atoms with Crippen LogP contribution in [0, 0.1) is 11.3 Å². The summed E-state index contributed by atoms with van der Waals surface area (Å²) in [6.07, 6.45) is 1.56. The Kier molecular flexibility index (Phi) is 11.5. The lowest BCUT2D eigenvalue weighted by Gasteiger charge is -2.36. The number of methoxy groups -OCH3 is 2. The maximum atomic E-state index is 14.5. The number of alkyl carbamates (subject to hydrolysis) is 1. The minimum atomic E-state index is -4.49. The lowest BCUT2D eigenvalue weighted by atomic mass is 9.85. The number of rotatable bonds is 14. The smallest absolute Gasteiger partial charge is 0.408 e. The lowest BCUT2D eigenvalue weighted by molar-refractivity contribution is -0.143. The van der Waals surface area contributed by atoms with Crippen LogP contribution in [0.5, 0.6) is 11.6 Å². The van der Waals surface area contributed by atoms with Crippen molar-refractivity contribution in [1.82, 2.24) is 25.2 Å². The van der Waals surface area contributed by atoms with Crippen molar-refractivity contribution in [3.63, 3.8) is 0 Å². The van der Waals surface area contributed by atoms with Gasteiger partial charge in [-0.1, -0.05) is 20.8 Å². The highest BCUT2D eigenvalue weighted by atomic mass is 32.2. The first-order chi connectivity index (χ1) is 25.1.